The van der Waals surface area contributed by atoms with Crippen molar-refractivity contribution in [2.24, 2.45) is 5.41 Å². The molecule has 1 saturated carbocycles. The molecule has 4 heterocycles. The summed E-state index contributed by atoms with van der Waals surface area (Å²) in [6.45, 7) is 4.48. The predicted octanol–water partition coefficient (Wildman–Crippen LogP) is 6.02. The highest BCUT2D eigenvalue weighted by molar-refractivity contribution is 5.74. The van der Waals surface area contributed by atoms with Gasteiger partial charge in [0.05, 0.1) is 17.3 Å². The molecule has 0 N–H and O–H groups in total. The molecule has 0 amide bonds. The number of anilines is 1. The first-order chi connectivity index (χ1) is 17.7. The third kappa shape index (κ3) is 4.39. The third-order valence-electron chi connectivity index (χ3n) is 8.97. The number of benzene rings is 1. The second kappa shape index (κ2) is 9.86. The Balaban J connectivity index is 1.47. The van der Waals surface area contributed by atoms with Crippen LogP contribution in [0, 0.1) is 16.7 Å². The summed E-state index contributed by atoms with van der Waals surface area (Å²) in [5, 5.41) is 9.37. The van der Waals surface area contributed by atoms with Crippen LogP contribution in [0.15, 0.2) is 36.7 Å². The summed E-state index contributed by atoms with van der Waals surface area (Å²) in [6.07, 6.45) is 16.9. The van der Waals surface area contributed by atoms with Crippen LogP contribution in [0.3, 0.4) is 0 Å². The molecule has 3 fully saturated rings. The fraction of sp³-hybridized carbons (Fsp3) is 0.567. The van der Waals surface area contributed by atoms with Crippen LogP contribution in [0.25, 0.3) is 16.9 Å². The van der Waals surface area contributed by atoms with Crippen molar-refractivity contribution < 1.29 is 0 Å². The molecule has 2 aliphatic heterocycles. The van der Waals surface area contributed by atoms with Crippen molar-refractivity contribution in [2.45, 2.75) is 70.1 Å². The van der Waals surface area contributed by atoms with Gasteiger partial charge in [-0.05, 0) is 57.3 Å². The fourth-order valence-corrected chi connectivity index (χ4v) is 7.03. The van der Waals surface area contributed by atoms with E-state index in [2.05, 4.69) is 45.6 Å². The van der Waals surface area contributed by atoms with E-state index in [0.29, 0.717) is 16.9 Å². The van der Waals surface area contributed by atoms with Gasteiger partial charge in [0.1, 0.15) is 5.65 Å². The standard InChI is InChI=1S/C30H38N6/c1-34-17-14-30(21-34)15-18-35(22-30)29-33-27(25-12-10-23(20-31)11-13-25)26(28-32-16-19-36(28)29)24-8-6-4-2-3-5-7-9-24/h10-13,16,19,24H,2-9,14-15,17-18,21-22H2,1H3. The molecule has 0 radical (unpaired) electrons. The van der Waals surface area contributed by atoms with Gasteiger partial charge in [0.2, 0.25) is 5.95 Å². The van der Waals surface area contributed by atoms with Crippen molar-refractivity contribution in [3.8, 4) is 17.3 Å². The molecule has 0 bridgehead atoms. The zero-order chi connectivity index (χ0) is 24.5. The minimum Gasteiger partial charge on any atom is -0.341 e. The minimum atomic E-state index is 0.383. The molecule has 6 rings (SSSR count). The lowest BCUT2D eigenvalue weighted by Gasteiger charge is -2.27. The Morgan fingerprint density at radius 1 is 0.944 bits per heavy atom. The summed E-state index contributed by atoms with van der Waals surface area (Å²) in [5.41, 5.74) is 5.63. The van der Waals surface area contributed by atoms with Gasteiger partial charge < -0.3 is 9.80 Å². The van der Waals surface area contributed by atoms with E-state index in [4.69, 9.17) is 9.97 Å². The van der Waals surface area contributed by atoms with Crippen molar-refractivity contribution in [3.63, 3.8) is 0 Å². The summed E-state index contributed by atoms with van der Waals surface area (Å²) >= 11 is 0. The minimum absolute atomic E-state index is 0.383. The fourth-order valence-electron chi connectivity index (χ4n) is 7.03. The summed E-state index contributed by atoms with van der Waals surface area (Å²) in [5.74, 6) is 1.49. The molecule has 1 aliphatic carbocycles. The quantitative estimate of drug-likeness (QED) is 0.457. The van der Waals surface area contributed by atoms with Crippen LogP contribution in [-0.4, -0.2) is 52.5 Å². The highest BCUT2D eigenvalue weighted by atomic mass is 15.3. The summed E-state index contributed by atoms with van der Waals surface area (Å²) in [4.78, 5) is 15.4. The predicted molar refractivity (Wildman–Crippen MR) is 144 cm³/mol. The van der Waals surface area contributed by atoms with Gasteiger partial charge in [0.15, 0.2) is 0 Å². The number of likely N-dealkylation sites (tertiary alicyclic amines) is 1. The molecule has 1 spiro atoms. The van der Waals surface area contributed by atoms with E-state index in [9.17, 15) is 5.26 Å². The maximum Gasteiger partial charge on any atom is 0.211 e. The molecule has 3 aromatic rings. The average Bonchev–Trinajstić information content (AvgIpc) is 3.65. The number of hydrogen-bond donors (Lipinski definition) is 0. The molecule has 2 saturated heterocycles. The maximum absolute atomic E-state index is 9.37. The number of fused-ring (bicyclic) bond motifs is 1. The largest absolute Gasteiger partial charge is 0.341 e. The molecule has 1 unspecified atom stereocenters. The number of nitrogens with zero attached hydrogens (tertiary/aromatic N) is 6. The first-order valence-electron chi connectivity index (χ1n) is 14.0. The highest BCUT2D eigenvalue weighted by Gasteiger charge is 2.43. The number of rotatable bonds is 3. The lowest BCUT2D eigenvalue weighted by Crippen LogP contribution is -2.31. The van der Waals surface area contributed by atoms with Gasteiger partial charge >= 0.3 is 0 Å². The lowest BCUT2D eigenvalue weighted by molar-refractivity contribution is 0.311. The van der Waals surface area contributed by atoms with Gasteiger partial charge in [0.25, 0.3) is 0 Å². The molecule has 36 heavy (non-hydrogen) atoms. The normalized spacial score (nSPS) is 24.2. The second-order valence-corrected chi connectivity index (χ2v) is 11.5. The molecular formula is C30H38N6. The van der Waals surface area contributed by atoms with Crippen LogP contribution in [-0.2, 0) is 0 Å². The Kier molecular flexibility index (Phi) is 6.43. The van der Waals surface area contributed by atoms with E-state index in [-0.39, 0.29) is 0 Å². The van der Waals surface area contributed by atoms with Gasteiger partial charge in [-0.2, -0.15) is 5.26 Å². The summed E-state index contributed by atoms with van der Waals surface area (Å²) < 4.78 is 2.27. The number of imidazole rings is 1. The second-order valence-electron chi connectivity index (χ2n) is 11.5. The zero-order valence-electron chi connectivity index (χ0n) is 21.6. The summed E-state index contributed by atoms with van der Waals surface area (Å²) in [6, 6.07) is 10.3. The van der Waals surface area contributed by atoms with E-state index in [1.807, 2.05) is 18.3 Å². The Labute approximate surface area is 215 Å². The molecule has 6 heteroatoms. The molecule has 188 valence electrons. The van der Waals surface area contributed by atoms with E-state index in [1.54, 1.807) is 0 Å². The topological polar surface area (TPSA) is 60.5 Å². The van der Waals surface area contributed by atoms with Crippen LogP contribution in [0.2, 0.25) is 0 Å². The van der Waals surface area contributed by atoms with Crippen LogP contribution in [0.4, 0.5) is 5.95 Å². The van der Waals surface area contributed by atoms with Gasteiger partial charge in [-0.25, -0.2) is 9.97 Å². The Hall–Kier alpha value is -2.91. The van der Waals surface area contributed by atoms with Gasteiger partial charge in [-0.3, -0.25) is 4.40 Å². The lowest BCUT2D eigenvalue weighted by atomic mass is 9.86. The smallest absolute Gasteiger partial charge is 0.211 e. The van der Waals surface area contributed by atoms with Crippen molar-refractivity contribution in [2.75, 3.05) is 38.1 Å². The maximum atomic E-state index is 9.37. The van der Waals surface area contributed by atoms with Crippen LogP contribution >= 0.6 is 0 Å². The number of aromatic nitrogens is 3. The van der Waals surface area contributed by atoms with E-state index >= 15 is 0 Å². The first kappa shape index (κ1) is 23.5. The molecular weight excluding hydrogens is 444 g/mol. The van der Waals surface area contributed by atoms with Crippen molar-refractivity contribution in [1.82, 2.24) is 19.3 Å². The van der Waals surface area contributed by atoms with E-state index in [1.165, 1.54) is 82.9 Å². The molecule has 6 nitrogen and oxygen atoms in total. The number of hydrogen-bond acceptors (Lipinski definition) is 5. The third-order valence-corrected chi connectivity index (χ3v) is 8.97. The van der Waals surface area contributed by atoms with Crippen LogP contribution in [0.1, 0.15) is 81.3 Å². The highest BCUT2D eigenvalue weighted by Crippen LogP contribution is 2.43. The Morgan fingerprint density at radius 3 is 2.36 bits per heavy atom. The van der Waals surface area contributed by atoms with Crippen LogP contribution < -0.4 is 4.90 Å². The van der Waals surface area contributed by atoms with Gasteiger partial charge in [-0.15, -0.1) is 0 Å². The van der Waals surface area contributed by atoms with Crippen molar-refractivity contribution in [3.05, 3.63) is 47.8 Å². The van der Waals surface area contributed by atoms with Crippen LogP contribution in [0.5, 0.6) is 0 Å². The first-order valence-corrected chi connectivity index (χ1v) is 14.0. The Bertz CT molecular complexity index is 1240. The van der Waals surface area contributed by atoms with Gasteiger partial charge in [0, 0.05) is 48.6 Å². The SMILES string of the molecule is CN1CCC2(CCN(c3nc(-c4ccc(C#N)cc4)c(C4CCCCCCCC4)c4nccn34)C2)C1. The van der Waals surface area contributed by atoms with Gasteiger partial charge in [-0.1, -0.05) is 50.7 Å². The average molecular weight is 483 g/mol. The summed E-state index contributed by atoms with van der Waals surface area (Å²) in [7, 11) is 2.25. The monoisotopic (exact) mass is 482 g/mol. The zero-order valence-corrected chi connectivity index (χ0v) is 21.6. The molecule has 1 aromatic carbocycles. The number of nitriles is 1. The molecule has 3 aliphatic rings. The van der Waals surface area contributed by atoms with E-state index < -0.39 is 0 Å². The van der Waals surface area contributed by atoms with E-state index in [0.717, 1.165) is 35.9 Å². The Morgan fingerprint density at radius 2 is 1.67 bits per heavy atom. The van der Waals surface area contributed by atoms with Crippen molar-refractivity contribution >= 4 is 11.6 Å². The molecule has 2 aromatic heterocycles. The molecule has 1 atom stereocenters. The van der Waals surface area contributed by atoms with Crippen molar-refractivity contribution in [1.29, 1.82) is 5.26 Å².